The predicted octanol–water partition coefficient (Wildman–Crippen LogP) is 3.27. The molecule has 2 aliphatic carbocycles. The molecular weight excluding hydrogens is 282 g/mol. The number of nitrogen functional groups attached to an aromatic ring is 1. The molecule has 2 fully saturated rings. The van der Waals surface area contributed by atoms with Crippen LogP contribution in [0.2, 0.25) is 0 Å². The SMILES string of the molecule is Nc1ccc(C2(C(=O)Nc3nc(C4CC4)cs3)CC2)cc1. The first kappa shape index (κ1) is 12.8. The number of nitrogens with zero attached hydrogens (tertiary/aromatic N) is 1. The topological polar surface area (TPSA) is 68.0 Å². The van der Waals surface area contributed by atoms with Crippen molar-refractivity contribution in [3.63, 3.8) is 0 Å². The van der Waals surface area contributed by atoms with Crippen LogP contribution >= 0.6 is 11.3 Å². The van der Waals surface area contributed by atoms with Gasteiger partial charge in [0.15, 0.2) is 5.13 Å². The molecule has 0 unspecified atom stereocenters. The van der Waals surface area contributed by atoms with Gasteiger partial charge in [0.25, 0.3) is 0 Å². The van der Waals surface area contributed by atoms with Gasteiger partial charge in [-0.15, -0.1) is 11.3 Å². The first-order valence-electron chi connectivity index (χ1n) is 7.30. The molecule has 2 saturated carbocycles. The van der Waals surface area contributed by atoms with Crippen LogP contribution in [0.25, 0.3) is 0 Å². The molecule has 108 valence electrons. The molecule has 2 aliphatic rings. The van der Waals surface area contributed by atoms with E-state index < -0.39 is 0 Å². The third-order valence-corrected chi connectivity index (χ3v) is 5.16. The summed E-state index contributed by atoms with van der Waals surface area (Å²) in [6.45, 7) is 0. The van der Waals surface area contributed by atoms with Crippen molar-refractivity contribution in [3.8, 4) is 0 Å². The number of nitrogens with two attached hydrogens (primary N) is 1. The number of benzene rings is 1. The number of hydrogen-bond acceptors (Lipinski definition) is 4. The van der Waals surface area contributed by atoms with Gasteiger partial charge in [0.05, 0.1) is 11.1 Å². The van der Waals surface area contributed by atoms with Crippen molar-refractivity contribution in [2.45, 2.75) is 37.0 Å². The second kappa shape index (κ2) is 4.56. The Balaban J connectivity index is 1.52. The van der Waals surface area contributed by atoms with E-state index in [0.29, 0.717) is 5.92 Å². The van der Waals surface area contributed by atoms with E-state index in [9.17, 15) is 4.79 Å². The lowest BCUT2D eigenvalue weighted by Crippen LogP contribution is -2.27. The molecule has 5 heteroatoms. The smallest absolute Gasteiger partial charge is 0.236 e. The van der Waals surface area contributed by atoms with Gasteiger partial charge in [-0.05, 0) is 43.4 Å². The fourth-order valence-corrected chi connectivity index (χ4v) is 3.49. The van der Waals surface area contributed by atoms with Crippen LogP contribution in [-0.2, 0) is 10.2 Å². The molecule has 0 aliphatic heterocycles. The number of nitrogens with one attached hydrogen (secondary N) is 1. The molecule has 4 rings (SSSR count). The molecule has 0 atom stereocenters. The fourth-order valence-electron chi connectivity index (χ4n) is 2.70. The van der Waals surface area contributed by atoms with Crippen molar-refractivity contribution in [1.82, 2.24) is 4.98 Å². The van der Waals surface area contributed by atoms with Crippen LogP contribution in [0.5, 0.6) is 0 Å². The van der Waals surface area contributed by atoms with E-state index in [2.05, 4.69) is 15.7 Å². The van der Waals surface area contributed by atoms with Gasteiger partial charge in [-0.2, -0.15) is 0 Å². The van der Waals surface area contributed by atoms with Crippen molar-refractivity contribution in [1.29, 1.82) is 0 Å². The number of thiazole rings is 1. The Bertz CT molecular complexity index is 684. The maximum Gasteiger partial charge on any atom is 0.236 e. The lowest BCUT2D eigenvalue weighted by molar-refractivity contribution is -0.118. The van der Waals surface area contributed by atoms with Gasteiger partial charge in [-0.1, -0.05) is 12.1 Å². The first-order chi connectivity index (χ1) is 10.2. The fraction of sp³-hybridized carbons (Fsp3) is 0.375. The zero-order chi connectivity index (χ0) is 14.4. The standard InChI is InChI=1S/C16H17N3OS/c17-12-5-3-11(4-6-12)16(7-8-16)14(20)19-15-18-13(9-21-15)10-1-2-10/h3-6,9-10H,1-2,7-8,17H2,(H,18,19,20). The lowest BCUT2D eigenvalue weighted by Gasteiger charge is -2.14. The molecule has 4 nitrogen and oxygen atoms in total. The summed E-state index contributed by atoms with van der Waals surface area (Å²) in [5.41, 5.74) is 8.25. The van der Waals surface area contributed by atoms with Crippen molar-refractivity contribution in [3.05, 3.63) is 40.9 Å². The van der Waals surface area contributed by atoms with Gasteiger partial charge in [0, 0.05) is 17.0 Å². The number of rotatable bonds is 4. The van der Waals surface area contributed by atoms with Gasteiger partial charge >= 0.3 is 0 Å². The zero-order valence-electron chi connectivity index (χ0n) is 11.6. The summed E-state index contributed by atoms with van der Waals surface area (Å²) in [5.74, 6) is 0.683. The predicted molar refractivity (Wildman–Crippen MR) is 84.5 cm³/mol. The second-order valence-electron chi connectivity index (χ2n) is 6.01. The van der Waals surface area contributed by atoms with Gasteiger partial charge in [0.1, 0.15) is 0 Å². The van der Waals surface area contributed by atoms with Crippen LogP contribution < -0.4 is 11.1 Å². The van der Waals surface area contributed by atoms with Crippen LogP contribution in [-0.4, -0.2) is 10.9 Å². The minimum Gasteiger partial charge on any atom is -0.399 e. The van der Waals surface area contributed by atoms with Crippen LogP contribution in [0, 0.1) is 0 Å². The molecule has 3 N–H and O–H groups in total. The third-order valence-electron chi connectivity index (χ3n) is 4.39. The Morgan fingerprint density at radius 1 is 1.29 bits per heavy atom. The Morgan fingerprint density at radius 2 is 2.00 bits per heavy atom. The van der Waals surface area contributed by atoms with Crippen LogP contribution in [0.3, 0.4) is 0 Å². The van der Waals surface area contributed by atoms with E-state index in [4.69, 9.17) is 5.73 Å². The molecule has 21 heavy (non-hydrogen) atoms. The Kier molecular flexibility index (Phi) is 2.79. The lowest BCUT2D eigenvalue weighted by atomic mass is 9.95. The molecule has 2 aromatic rings. The van der Waals surface area contributed by atoms with Gasteiger partial charge < -0.3 is 11.1 Å². The largest absolute Gasteiger partial charge is 0.399 e. The Labute approximate surface area is 127 Å². The minimum absolute atomic E-state index is 0.0592. The Hall–Kier alpha value is -1.88. The monoisotopic (exact) mass is 299 g/mol. The molecule has 0 spiro atoms. The number of hydrogen-bond donors (Lipinski definition) is 2. The van der Waals surface area contributed by atoms with Crippen LogP contribution in [0.15, 0.2) is 29.6 Å². The summed E-state index contributed by atoms with van der Waals surface area (Å²) in [7, 11) is 0. The average molecular weight is 299 g/mol. The van der Waals surface area contributed by atoms with E-state index >= 15 is 0 Å². The van der Waals surface area contributed by atoms with Gasteiger partial charge in [-0.3, -0.25) is 4.79 Å². The number of amides is 1. The highest BCUT2D eigenvalue weighted by molar-refractivity contribution is 7.14. The molecule has 0 bridgehead atoms. The molecule has 1 aromatic heterocycles. The molecule has 0 saturated heterocycles. The highest BCUT2D eigenvalue weighted by atomic mass is 32.1. The van der Waals surface area contributed by atoms with E-state index in [1.54, 1.807) is 0 Å². The number of carbonyl (C=O) groups is 1. The highest BCUT2D eigenvalue weighted by Gasteiger charge is 2.51. The number of aromatic nitrogens is 1. The third kappa shape index (κ3) is 2.31. The van der Waals surface area contributed by atoms with Gasteiger partial charge in [0.2, 0.25) is 5.91 Å². The maximum absolute atomic E-state index is 12.6. The summed E-state index contributed by atoms with van der Waals surface area (Å²) in [6.07, 6.45) is 4.24. The first-order valence-corrected chi connectivity index (χ1v) is 8.18. The highest BCUT2D eigenvalue weighted by Crippen LogP contribution is 2.49. The molecular formula is C16H17N3OS. The second-order valence-corrected chi connectivity index (χ2v) is 6.87. The number of carbonyl (C=O) groups excluding carboxylic acids is 1. The normalized spacial score (nSPS) is 19.2. The Morgan fingerprint density at radius 3 is 2.62 bits per heavy atom. The number of anilines is 2. The quantitative estimate of drug-likeness (QED) is 0.851. The summed E-state index contributed by atoms with van der Waals surface area (Å²) < 4.78 is 0. The zero-order valence-corrected chi connectivity index (χ0v) is 12.5. The summed E-state index contributed by atoms with van der Waals surface area (Å²) in [4.78, 5) is 17.1. The van der Waals surface area contributed by atoms with Crippen molar-refractivity contribution in [2.24, 2.45) is 0 Å². The van der Waals surface area contributed by atoms with Crippen molar-refractivity contribution >= 4 is 28.1 Å². The van der Waals surface area contributed by atoms with Gasteiger partial charge in [-0.25, -0.2) is 4.98 Å². The minimum atomic E-state index is -0.376. The van der Waals surface area contributed by atoms with E-state index in [0.717, 1.165) is 34.9 Å². The van der Waals surface area contributed by atoms with Crippen LogP contribution in [0.4, 0.5) is 10.8 Å². The summed E-state index contributed by atoms with van der Waals surface area (Å²) in [6, 6.07) is 7.63. The molecule has 1 heterocycles. The maximum atomic E-state index is 12.6. The van der Waals surface area contributed by atoms with Crippen molar-refractivity contribution in [2.75, 3.05) is 11.1 Å². The molecule has 1 amide bonds. The molecule has 1 aromatic carbocycles. The van der Waals surface area contributed by atoms with E-state index in [-0.39, 0.29) is 11.3 Å². The van der Waals surface area contributed by atoms with E-state index in [1.165, 1.54) is 24.2 Å². The van der Waals surface area contributed by atoms with Crippen LogP contribution in [0.1, 0.15) is 42.9 Å². The van der Waals surface area contributed by atoms with Crippen molar-refractivity contribution < 1.29 is 4.79 Å². The summed E-state index contributed by atoms with van der Waals surface area (Å²) >= 11 is 1.52. The van der Waals surface area contributed by atoms with E-state index in [1.807, 2.05) is 24.3 Å². The summed E-state index contributed by atoms with van der Waals surface area (Å²) in [5, 5.41) is 5.79. The average Bonchev–Trinajstić information content (AvgIpc) is 3.39. The molecule has 0 radical (unpaired) electrons.